The van der Waals surface area contributed by atoms with E-state index in [2.05, 4.69) is 4.90 Å². The highest BCUT2D eigenvalue weighted by Gasteiger charge is 2.43. The van der Waals surface area contributed by atoms with Gasteiger partial charge in [-0.15, -0.1) is 0 Å². The first-order valence-corrected chi connectivity index (χ1v) is 6.30. The van der Waals surface area contributed by atoms with Gasteiger partial charge in [0, 0.05) is 38.7 Å². The first-order valence-electron chi connectivity index (χ1n) is 6.30. The molecule has 16 heavy (non-hydrogen) atoms. The van der Waals surface area contributed by atoms with Gasteiger partial charge in [0.1, 0.15) is 0 Å². The molecule has 0 spiro atoms. The van der Waals surface area contributed by atoms with Crippen LogP contribution in [-0.2, 0) is 4.74 Å². The summed E-state index contributed by atoms with van der Waals surface area (Å²) < 4.78 is 5.22. The maximum Gasteiger partial charge on any atom is 0.0847 e. The van der Waals surface area contributed by atoms with Gasteiger partial charge in [0.2, 0.25) is 0 Å². The second-order valence-electron chi connectivity index (χ2n) is 5.44. The summed E-state index contributed by atoms with van der Waals surface area (Å²) in [5, 5.41) is 10.5. The van der Waals surface area contributed by atoms with E-state index in [9.17, 15) is 5.11 Å². The Kier molecular flexibility index (Phi) is 3.54. The lowest BCUT2D eigenvalue weighted by molar-refractivity contribution is -0.0739. The molecule has 1 saturated carbocycles. The van der Waals surface area contributed by atoms with E-state index < -0.39 is 5.60 Å². The van der Waals surface area contributed by atoms with E-state index in [0.29, 0.717) is 6.42 Å². The molecule has 0 bridgehead atoms. The van der Waals surface area contributed by atoms with Crippen molar-refractivity contribution in [3.05, 3.63) is 0 Å². The third kappa shape index (κ3) is 2.56. The van der Waals surface area contributed by atoms with Crippen LogP contribution < -0.4 is 5.73 Å². The topological polar surface area (TPSA) is 58.7 Å². The van der Waals surface area contributed by atoms with Gasteiger partial charge in [-0.3, -0.25) is 4.90 Å². The van der Waals surface area contributed by atoms with Gasteiger partial charge >= 0.3 is 0 Å². The van der Waals surface area contributed by atoms with Crippen LogP contribution in [0.3, 0.4) is 0 Å². The Morgan fingerprint density at radius 1 is 1.56 bits per heavy atom. The van der Waals surface area contributed by atoms with Crippen LogP contribution >= 0.6 is 0 Å². The van der Waals surface area contributed by atoms with Gasteiger partial charge < -0.3 is 15.6 Å². The smallest absolute Gasteiger partial charge is 0.0847 e. The van der Waals surface area contributed by atoms with Gasteiger partial charge in [-0.25, -0.2) is 0 Å². The lowest BCUT2D eigenvalue weighted by Crippen LogP contribution is -2.60. The van der Waals surface area contributed by atoms with E-state index in [1.54, 1.807) is 7.11 Å². The summed E-state index contributed by atoms with van der Waals surface area (Å²) in [6.07, 6.45) is 4.10. The molecular formula is C12H24N2O2. The van der Waals surface area contributed by atoms with E-state index in [4.69, 9.17) is 10.5 Å². The van der Waals surface area contributed by atoms with Crippen molar-refractivity contribution < 1.29 is 9.84 Å². The molecule has 1 aliphatic heterocycles. The van der Waals surface area contributed by atoms with Crippen LogP contribution in [0.2, 0.25) is 0 Å². The fraction of sp³-hybridized carbons (Fsp3) is 1.00. The van der Waals surface area contributed by atoms with Crippen molar-refractivity contribution in [2.24, 2.45) is 5.73 Å². The van der Waals surface area contributed by atoms with Gasteiger partial charge in [0.05, 0.1) is 11.7 Å². The van der Waals surface area contributed by atoms with Gasteiger partial charge in [-0.2, -0.15) is 0 Å². The second-order valence-corrected chi connectivity index (χ2v) is 5.44. The molecule has 4 heteroatoms. The molecule has 3 unspecified atom stereocenters. The van der Waals surface area contributed by atoms with Crippen molar-refractivity contribution >= 4 is 0 Å². The standard InChI is InChI=1S/C12H24N2O2/c1-9(16-2)7-12(15)5-6-14(8-11(12)13)10-3-4-10/h9-11,15H,3-8,13H2,1-2H3. The Hall–Kier alpha value is -0.160. The molecule has 0 radical (unpaired) electrons. The molecule has 0 aromatic rings. The number of methoxy groups -OCH3 is 1. The molecule has 0 aromatic heterocycles. The zero-order valence-corrected chi connectivity index (χ0v) is 10.4. The highest BCUT2D eigenvalue weighted by Crippen LogP contribution is 2.33. The molecule has 0 amide bonds. The Morgan fingerprint density at radius 3 is 2.75 bits per heavy atom. The molecule has 4 nitrogen and oxygen atoms in total. The molecule has 0 aromatic carbocycles. The molecule has 1 aliphatic carbocycles. The van der Waals surface area contributed by atoms with Crippen LogP contribution in [0.4, 0.5) is 0 Å². The zero-order chi connectivity index (χ0) is 11.8. The van der Waals surface area contributed by atoms with Gasteiger partial charge in [-0.05, 0) is 26.2 Å². The number of hydrogen-bond acceptors (Lipinski definition) is 4. The maximum atomic E-state index is 10.5. The van der Waals surface area contributed by atoms with Crippen LogP contribution in [-0.4, -0.2) is 54.0 Å². The minimum absolute atomic E-state index is 0.0727. The fourth-order valence-corrected chi connectivity index (χ4v) is 2.64. The second kappa shape index (κ2) is 4.61. The lowest BCUT2D eigenvalue weighted by atomic mass is 9.82. The number of nitrogens with two attached hydrogens (primary N) is 1. The zero-order valence-electron chi connectivity index (χ0n) is 10.4. The lowest BCUT2D eigenvalue weighted by Gasteiger charge is -2.44. The van der Waals surface area contributed by atoms with Crippen molar-refractivity contribution in [2.45, 2.75) is 56.4 Å². The van der Waals surface area contributed by atoms with Gasteiger partial charge in [-0.1, -0.05) is 0 Å². The van der Waals surface area contributed by atoms with Crippen LogP contribution in [0, 0.1) is 0 Å². The van der Waals surface area contributed by atoms with Crippen LogP contribution in [0.25, 0.3) is 0 Å². The molecular weight excluding hydrogens is 204 g/mol. The summed E-state index contributed by atoms with van der Waals surface area (Å²) in [4.78, 5) is 2.43. The Balaban J connectivity index is 1.90. The van der Waals surface area contributed by atoms with E-state index in [-0.39, 0.29) is 12.1 Å². The molecule has 3 atom stereocenters. The van der Waals surface area contributed by atoms with Crippen molar-refractivity contribution in [1.29, 1.82) is 0 Å². The van der Waals surface area contributed by atoms with Crippen molar-refractivity contribution in [1.82, 2.24) is 4.90 Å². The largest absolute Gasteiger partial charge is 0.388 e. The number of piperidine rings is 1. The fourth-order valence-electron chi connectivity index (χ4n) is 2.64. The third-order valence-corrected chi connectivity index (χ3v) is 4.06. The molecule has 2 fully saturated rings. The van der Waals surface area contributed by atoms with Gasteiger partial charge in [0.25, 0.3) is 0 Å². The first kappa shape index (κ1) is 12.3. The number of nitrogens with zero attached hydrogens (tertiary/aromatic N) is 1. The van der Waals surface area contributed by atoms with Crippen molar-refractivity contribution in [2.75, 3.05) is 20.2 Å². The van der Waals surface area contributed by atoms with E-state index in [1.807, 2.05) is 6.92 Å². The number of hydrogen-bond donors (Lipinski definition) is 2. The maximum absolute atomic E-state index is 10.5. The summed E-state index contributed by atoms with van der Waals surface area (Å²) in [6.45, 7) is 3.79. The average molecular weight is 228 g/mol. The Labute approximate surface area is 97.7 Å². The molecule has 1 saturated heterocycles. The minimum atomic E-state index is -0.735. The number of ether oxygens (including phenoxy) is 1. The predicted molar refractivity (Wildman–Crippen MR) is 63.2 cm³/mol. The van der Waals surface area contributed by atoms with E-state index >= 15 is 0 Å². The van der Waals surface area contributed by atoms with Crippen molar-refractivity contribution in [3.63, 3.8) is 0 Å². The summed E-state index contributed by atoms with van der Waals surface area (Å²) >= 11 is 0. The van der Waals surface area contributed by atoms with Gasteiger partial charge in [0.15, 0.2) is 0 Å². The normalized spacial score (nSPS) is 38.6. The summed E-state index contributed by atoms with van der Waals surface area (Å²) in [7, 11) is 1.68. The highest BCUT2D eigenvalue weighted by molar-refractivity contribution is 5.00. The number of rotatable bonds is 4. The van der Waals surface area contributed by atoms with Crippen LogP contribution in [0.5, 0.6) is 0 Å². The Bertz CT molecular complexity index is 245. The molecule has 2 aliphatic rings. The summed E-state index contributed by atoms with van der Waals surface area (Å²) in [5.41, 5.74) is 5.39. The van der Waals surface area contributed by atoms with Crippen LogP contribution in [0.15, 0.2) is 0 Å². The SMILES string of the molecule is COC(C)CC1(O)CCN(C2CC2)CC1N. The molecule has 3 N–H and O–H groups in total. The first-order chi connectivity index (χ1) is 7.55. The highest BCUT2D eigenvalue weighted by atomic mass is 16.5. The minimum Gasteiger partial charge on any atom is -0.388 e. The predicted octanol–water partition coefficient (Wildman–Crippen LogP) is 0.338. The molecule has 1 heterocycles. The Morgan fingerprint density at radius 2 is 2.25 bits per heavy atom. The number of aliphatic hydroxyl groups is 1. The number of likely N-dealkylation sites (tertiary alicyclic amines) is 1. The quantitative estimate of drug-likeness (QED) is 0.728. The van der Waals surface area contributed by atoms with Crippen molar-refractivity contribution in [3.8, 4) is 0 Å². The molecule has 2 rings (SSSR count). The average Bonchev–Trinajstić information content (AvgIpc) is 3.06. The van der Waals surface area contributed by atoms with Crippen LogP contribution in [0.1, 0.15) is 32.6 Å². The monoisotopic (exact) mass is 228 g/mol. The third-order valence-electron chi connectivity index (χ3n) is 4.06. The van der Waals surface area contributed by atoms with E-state index in [1.165, 1.54) is 12.8 Å². The summed E-state index contributed by atoms with van der Waals surface area (Å²) in [5.74, 6) is 0. The van der Waals surface area contributed by atoms with E-state index in [0.717, 1.165) is 25.6 Å². The summed E-state index contributed by atoms with van der Waals surface area (Å²) in [6, 6.07) is 0.606. The molecule has 94 valence electrons.